The lowest BCUT2D eigenvalue weighted by molar-refractivity contribution is 0.0952. The summed E-state index contributed by atoms with van der Waals surface area (Å²) in [4.78, 5) is 23.9. The molecule has 1 fully saturated rings. The molecule has 1 aliphatic heterocycles. The first-order valence-electron chi connectivity index (χ1n) is 9.97. The molecule has 0 spiro atoms. The standard InChI is InChI=1S/C20H31N3O5S/c1-5-28-20(25)22-9-8-21-19(24)17-12-15(3)16(4)18(13-17)29(26,27)23-10-6-14(2)7-11-23/h12-14H,5-11H2,1-4H3,(H,21,24)(H,22,25). The van der Waals surface area contributed by atoms with Crippen molar-refractivity contribution in [3.05, 3.63) is 28.8 Å². The Kier molecular flexibility index (Phi) is 8.04. The van der Waals surface area contributed by atoms with E-state index in [1.54, 1.807) is 26.8 Å². The topological polar surface area (TPSA) is 105 Å². The Morgan fingerprint density at radius 1 is 1.14 bits per heavy atom. The molecule has 0 bridgehead atoms. The highest BCUT2D eigenvalue weighted by atomic mass is 32.2. The van der Waals surface area contributed by atoms with Crippen LogP contribution in [0.3, 0.4) is 0 Å². The number of hydrogen-bond donors (Lipinski definition) is 2. The Labute approximate surface area is 173 Å². The molecule has 1 aromatic carbocycles. The van der Waals surface area contributed by atoms with Gasteiger partial charge in [-0.15, -0.1) is 0 Å². The largest absolute Gasteiger partial charge is 0.450 e. The van der Waals surface area contributed by atoms with E-state index in [9.17, 15) is 18.0 Å². The van der Waals surface area contributed by atoms with Crippen LogP contribution in [0.2, 0.25) is 0 Å². The van der Waals surface area contributed by atoms with Gasteiger partial charge in [-0.3, -0.25) is 4.79 Å². The Morgan fingerprint density at radius 2 is 1.76 bits per heavy atom. The summed E-state index contributed by atoms with van der Waals surface area (Å²) in [5, 5.41) is 5.20. The first-order chi connectivity index (χ1) is 13.7. The lowest BCUT2D eigenvalue weighted by Gasteiger charge is -2.30. The van der Waals surface area contributed by atoms with Crippen molar-refractivity contribution in [1.29, 1.82) is 0 Å². The van der Waals surface area contributed by atoms with Crippen molar-refractivity contribution in [2.24, 2.45) is 5.92 Å². The number of carbonyl (C=O) groups excluding carboxylic acids is 2. The van der Waals surface area contributed by atoms with Gasteiger partial charge in [-0.2, -0.15) is 4.31 Å². The van der Waals surface area contributed by atoms with Gasteiger partial charge in [-0.05, 0) is 62.8 Å². The number of nitrogens with zero attached hydrogens (tertiary/aromatic N) is 1. The van der Waals surface area contributed by atoms with E-state index in [1.165, 1.54) is 10.4 Å². The Bertz CT molecular complexity index is 846. The highest BCUT2D eigenvalue weighted by molar-refractivity contribution is 7.89. The summed E-state index contributed by atoms with van der Waals surface area (Å²) in [7, 11) is -3.66. The van der Waals surface area contributed by atoms with E-state index >= 15 is 0 Å². The molecular weight excluding hydrogens is 394 g/mol. The fourth-order valence-electron chi connectivity index (χ4n) is 3.22. The normalized spacial score (nSPS) is 15.7. The Balaban J connectivity index is 2.12. The van der Waals surface area contributed by atoms with Gasteiger partial charge in [0.1, 0.15) is 0 Å². The SMILES string of the molecule is CCOC(=O)NCCNC(=O)c1cc(C)c(C)c(S(=O)(=O)N2CCC(C)CC2)c1. The molecule has 1 saturated heterocycles. The fraction of sp³-hybridized carbons (Fsp3) is 0.600. The number of aryl methyl sites for hydroxylation is 1. The zero-order chi connectivity index (χ0) is 21.6. The molecular formula is C20H31N3O5S. The van der Waals surface area contributed by atoms with Gasteiger partial charge in [0.2, 0.25) is 10.0 Å². The van der Waals surface area contributed by atoms with Crippen LogP contribution >= 0.6 is 0 Å². The predicted octanol–water partition coefficient (Wildman–Crippen LogP) is 2.20. The van der Waals surface area contributed by atoms with E-state index in [-0.39, 0.29) is 36.1 Å². The van der Waals surface area contributed by atoms with E-state index in [1.807, 2.05) is 0 Å². The van der Waals surface area contributed by atoms with Crippen molar-refractivity contribution in [3.63, 3.8) is 0 Å². The first kappa shape index (κ1) is 23.2. The summed E-state index contributed by atoms with van der Waals surface area (Å²) in [6, 6.07) is 3.13. The highest BCUT2D eigenvalue weighted by Gasteiger charge is 2.30. The zero-order valence-corrected chi connectivity index (χ0v) is 18.4. The minimum atomic E-state index is -3.66. The molecule has 0 radical (unpaired) electrons. The van der Waals surface area contributed by atoms with Gasteiger partial charge in [-0.25, -0.2) is 13.2 Å². The molecule has 2 N–H and O–H groups in total. The lowest BCUT2D eigenvalue weighted by atomic mass is 10.0. The van der Waals surface area contributed by atoms with Gasteiger partial charge in [0, 0.05) is 31.7 Å². The molecule has 1 heterocycles. The zero-order valence-electron chi connectivity index (χ0n) is 17.6. The summed E-state index contributed by atoms with van der Waals surface area (Å²) in [5.74, 6) is 0.132. The maximum absolute atomic E-state index is 13.2. The smallest absolute Gasteiger partial charge is 0.407 e. The van der Waals surface area contributed by atoms with Crippen molar-refractivity contribution < 1.29 is 22.7 Å². The van der Waals surface area contributed by atoms with Crippen LogP contribution in [-0.2, 0) is 14.8 Å². The van der Waals surface area contributed by atoms with Crippen LogP contribution in [0.5, 0.6) is 0 Å². The van der Waals surface area contributed by atoms with Crippen molar-refractivity contribution in [3.8, 4) is 0 Å². The second-order valence-electron chi connectivity index (χ2n) is 7.41. The first-order valence-corrected chi connectivity index (χ1v) is 11.4. The van der Waals surface area contributed by atoms with Crippen LogP contribution in [-0.4, -0.2) is 57.5 Å². The molecule has 9 heteroatoms. The van der Waals surface area contributed by atoms with E-state index in [2.05, 4.69) is 17.6 Å². The summed E-state index contributed by atoms with van der Waals surface area (Å²) in [5.41, 5.74) is 1.68. The monoisotopic (exact) mass is 425 g/mol. The highest BCUT2D eigenvalue weighted by Crippen LogP contribution is 2.28. The van der Waals surface area contributed by atoms with Gasteiger partial charge in [-0.1, -0.05) is 6.92 Å². The fourth-order valence-corrected chi connectivity index (χ4v) is 5.01. The van der Waals surface area contributed by atoms with Crippen LogP contribution in [0.25, 0.3) is 0 Å². The molecule has 162 valence electrons. The number of amides is 2. The van der Waals surface area contributed by atoms with Crippen LogP contribution in [0.1, 0.15) is 48.2 Å². The lowest BCUT2D eigenvalue weighted by Crippen LogP contribution is -2.38. The van der Waals surface area contributed by atoms with Crippen molar-refractivity contribution in [1.82, 2.24) is 14.9 Å². The number of rotatable bonds is 7. The van der Waals surface area contributed by atoms with Gasteiger partial charge in [0.05, 0.1) is 11.5 Å². The molecule has 29 heavy (non-hydrogen) atoms. The number of carbonyl (C=O) groups is 2. The van der Waals surface area contributed by atoms with E-state index in [0.29, 0.717) is 24.6 Å². The summed E-state index contributed by atoms with van der Waals surface area (Å²) < 4.78 is 32.6. The van der Waals surface area contributed by atoms with E-state index < -0.39 is 16.1 Å². The van der Waals surface area contributed by atoms with Gasteiger partial charge < -0.3 is 15.4 Å². The summed E-state index contributed by atoms with van der Waals surface area (Å²) in [6.45, 7) is 9.08. The quantitative estimate of drug-likeness (QED) is 0.652. The van der Waals surface area contributed by atoms with Crippen LogP contribution in [0.4, 0.5) is 4.79 Å². The number of sulfonamides is 1. The predicted molar refractivity (Wildman–Crippen MR) is 110 cm³/mol. The number of hydrogen-bond acceptors (Lipinski definition) is 5. The average molecular weight is 426 g/mol. The van der Waals surface area contributed by atoms with Gasteiger partial charge in [0.25, 0.3) is 5.91 Å². The van der Waals surface area contributed by atoms with Crippen LogP contribution in [0.15, 0.2) is 17.0 Å². The molecule has 2 rings (SSSR count). The minimum Gasteiger partial charge on any atom is -0.450 e. The maximum atomic E-state index is 13.2. The number of benzene rings is 1. The molecule has 1 aliphatic rings. The second-order valence-corrected chi connectivity index (χ2v) is 9.31. The molecule has 0 atom stereocenters. The van der Waals surface area contributed by atoms with E-state index in [4.69, 9.17) is 4.74 Å². The molecule has 0 aliphatic carbocycles. The third-order valence-corrected chi connectivity index (χ3v) is 7.22. The average Bonchev–Trinajstić information content (AvgIpc) is 2.67. The molecule has 8 nitrogen and oxygen atoms in total. The Morgan fingerprint density at radius 3 is 2.38 bits per heavy atom. The number of piperidine rings is 1. The summed E-state index contributed by atoms with van der Waals surface area (Å²) >= 11 is 0. The number of ether oxygens (including phenoxy) is 1. The van der Waals surface area contributed by atoms with Crippen molar-refractivity contribution in [2.75, 3.05) is 32.8 Å². The molecule has 0 saturated carbocycles. The van der Waals surface area contributed by atoms with Gasteiger partial charge in [0.15, 0.2) is 0 Å². The van der Waals surface area contributed by atoms with Crippen molar-refractivity contribution >= 4 is 22.0 Å². The van der Waals surface area contributed by atoms with Crippen molar-refractivity contribution in [2.45, 2.75) is 45.4 Å². The van der Waals surface area contributed by atoms with E-state index in [0.717, 1.165) is 18.4 Å². The molecule has 0 unspecified atom stereocenters. The van der Waals surface area contributed by atoms with Gasteiger partial charge >= 0.3 is 6.09 Å². The number of alkyl carbamates (subject to hydrolysis) is 1. The minimum absolute atomic E-state index is 0.182. The molecule has 1 aromatic rings. The Hall–Kier alpha value is -2.13. The second kappa shape index (κ2) is 10.1. The molecule has 2 amide bonds. The maximum Gasteiger partial charge on any atom is 0.407 e. The van der Waals surface area contributed by atoms with Crippen LogP contribution in [0, 0.1) is 19.8 Å². The third kappa shape index (κ3) is 5.93. The number of nitrogens with one attached hydrogen (secondary N) is 2. The van der Waals surface area contributed by atoms with Crippen LogP contribution < -0.4 is 10.6 Å². The third-order valence-electron chi connectivity index (χ3n) is 5.20. The molecule has 0 aromatic heterocycles. The summed E-state index contributed by atoms with van der Waals surface area (Å²) in [6.07, 6.45) is 1.13.